The zero-order valence-corrected chi connectivity index (χ0v) is 9.12. The molecule has 0 saturated heterocycles. The van der Waals surface area contributed by atoms with Crippen molar-refractivity contribution in [1.82, 2.24) is 9.97 Å². The van der Waals surface area contributed by atoms with Crippen LogP contribution in [0.2, 0.25) is 0 Å². The highest BCUT2D eigenvalue weighted by Gasteiger charge is 2.02. The Hall–Kier alpha value is -1.32. The fraction of sp³-hybridized carbons (Fsp3) is 0.600. The van der Waals surface area contributed by atoms with Crippen molar-refractivity contribution in [2.24, 2.45) is 0 Å². The fourth-order valence-corrected chi connectivity index (χ4v) is 1.26. The van der Waals surface area contributed by atoms with E-state index in [1.807, 2.05) is 20.0 Å². The molecule has 1 aromatic heterocycles. The van der Waals surface area contributed by atoms with E-state index in [0.29, 0.717) is 5.95 Å². The Bertz CT molecular complexity index is 275. The van der Waals surface area contributed by atoms with Gasteiger partial charge in [-0.25, -0.2) is 4.98 Å². The molecule has 1 aromatic rings. The van der Waals surface area contributed by atoms with Crippen molar-refractivity contribution in [3.05, 3.63) is 12.3 Å². The third kappa shape index (κ3) is 2.87. The first-order chi connectivity index (χ1) is 6.77. The third-order valence-electron chi connectivity index (χ3n) is 1.93. The number of hydrogen-bond acceptors (Lipinski definition) is 4. The van der Waals surface area contributed by atoms with E-state index in [4.69, 9.17) is 0 Å². The van der Waals surface area contributed by atoms with Gasteiger partial charge in [0.2, 0.25) is 5.95 Å². The number of nitrogens with one attached hydrogen (secondary N) is 1. The molecule has 0 unspecified atom stereocenters. The molecule has 0 aromatic carbocycles. The molecule has 1 rings (SSSR count). The van der Waals surface area contributed by atoms with E-state index < -0.39 is 0 Å². The van der Waals surface area contributed by atoms with Gasteiger partial charge in [0, 0.05) is 26.3 Å². The number of aromatic nitrogens is 2. The van der Waals surface area contributed by atoms with Crippen LogP contribution >= 0.6 is 0 Å². The van der Waals surface area contributed by atoms with E-state index >= 15 is 0 Å². The zero-order chi connectivity index (χ0) is 10.4. The first-order valence-electron chi connectivity index (χ1n) is 5.06. The summed E-state index contributed by atoms with van der Waals surface area (Å²) in [6.07, 6.45) is 2.91. The Morgan fingerprint density at radius 2 is 2.21 bits per heavy atom. The van der Waals surface area contributed by atoms with Crippen molar-refractivity contribution in [2.75, 3.05) is 30.4 Å². The third-order valence-corrected chi connectivity index (χ3v) is 1.93. The minimum atomic E-state index is 0.702. The molecule has 0 aliphatic carbocycles. The first-order valence-corrected chi connectivity index (χ1v) is 5.06. The maximum Gasteiger partial charge on any atom is 0.224 e. The smallest absolute Gasteiger partial charge is 0.224 e. The largest absolute Gasteiger partial charge is 0.360 e. The van der Waals surface area contributed by atoms with Gasteiger partial charge in [-0.3, -0.25) is 0 Å². The number of hydrogen-bond donors (Lipinski definition) is 1. The molecule has 0 bridgehead atoms. The molecule has 0 amide bonds. The van der Waals surface area contributed by atoms with E-state index in [1.54, 1.807) is 6.20 Å². The average Bonchev–Trinajstić information content (AvgIpc) is 2.19. The monoisotopic (exact) mass is 194 g/mol. The van der Waals surface area contributed by atoms with Crippen LogP contribution in [-0.2, 0) is 0 Å². The molecule has 0 atom stereocenters. The van der Waals surface area contributed by atoms with Gasteiger partial charge in [0.1, 0.15) is 5.82 Å². The van der Waals surface area contributed by atoms with Crippen LogP contribution in [0.15, 0.2) is 12.3 Å². The Labute approximate surface area is 85.4 Å². The summed E-state index contributed by atoms with van der Waals surface area (Å²) in [5, 5.41) is 3.10. The lowest BCUT2D eigenvalue weighted by molar-refractivity contribution is 0.834. The molecule has 0 aliphatic rings. The summed E-state index contributed by atoms with van der Waals surface area (Å²) in [6.45, 7) is 6.05. The van der Waals surface area contributed by atoms with Gasteiger partial charge < -0.3 is 10.2 Å². The molecule has 1 heterocycles. The molecule has 0 aliphatic heterocycles. The summed E-state index contributed by atoms with van der Waals surface area (Å²) in [7, 11) is 2.04. The zero-order valence-electron chi connectivity index (χ0n) is 9.12. The van der Waals surface area contributed by atoms with Crippen LogP contribution in [0.4, 0.5) is 11.8 Å². The lowest BCUT2D eigenvalue weighted by Gasteiger charge is -2.17. The van der Waals surface area contributed by atoms with Gasteiger partial charge >= 0.3 is 0 Å². The molecule has 4 heteroatoms. The van der Waals surface area contributed by atoms with Crippen LogP contribution in [0.1, 0.15) is 20.3 Å². The molecule has 78 valence electrons. The molecular formula is C10H18N4. The maximum absolute atomic E-state index is 4.38. The summed E-state index contributed by atoms with van der Waals surface area (Å²) >= 11 is 0. The van der Waals surface area contributed by atoms with Gasteiger partial charge in [-0.05, 0) is 19.4 Å². The number of nitrogens with zero attached hydrogens (tertiary/aromatic N) is 3. The van der Waals surface area contributed by atoms with E-state index in [1.165, 1.54) is 0 Å². The summed E-state index contributed by atoms with van der Waals surface area (Å²) < 4.78 is 0. The second kappa shape index (κ2) is 5.42. The normalized spacial score (nSPS) is 9.93. The molecule has 1 N–H and O–H groups in total. The summed E-state index contributed by atoms with van der Waals surface area (Å²) in [4.78, 5) is 10.6. The maximum atomic E-state index is 4.38. The molecule has 0 saturated carbocycles. The number of anilines is 2. The van der Waals surface area contributed by atoms with Crippen LogP contribution < -0.4 is 10.2 Å². The van der Waals surface area contributed by atoms with Crippen molar-refractivity contribution in [3.63, 3.8) is 0 Å². The first kappa shape index (κ1) is 10.8. The van der Waals surface area contributed by atoms with E-state index in [2.05, 4.69) is 27.1 Å². The van der Waals surface area contributed by atoms with Crippen LogP contribution in [0.3, 0.4) is 0 Å². The fourth-order valence-electron chi connectivity index (χ4n) is 1.26. The van der Waals surface area contributed by atoms with Gasteiger partial charge in [0.25, 0.3) is 0 Å². The van der Waals surface area contributed by atoms with Gasteiger partial charge in [-0.15, -0.1) is 0 Å². The van der Waals surface area contributed by atoms with E-state index in [0.717, 1.165) is 25.3 Å². The van der Waals surface area contributed by atoms with Crippen molar-refractivity contribution in [3.8, 4) is 0 Å². The highest BCUT2D eigenvalue weighted by atomic mass is 15.2. The topological polar surface area (TPSA) is 41.1 Å². The standard InChI is InChI=1S/C10H18N4/c1-4-8-14(3)9-6-7-12-10(13-9)11-5-2/h6-7H,4-5,8H2,1-3H3,(H,11,12,13). The molecule has 0 radical (unpaired) electrons. The predicted octanol–water partition coefficient (Wildman–Crippen LogP) is 1.75. The average molecular weight is 194 g/mol. The number of rotatable bonds is 5. The van der Waals surface area contributed by atoms with Gasteiger partial charge in [-0.2, -0.15) is 4.98 Å². The Balaban J connectivity index is 2.71. The highest BCUT2D eigenvalue weighted by Crippen LogP contribution is 2.10. The van der Waals surface area contributed by atoms with Crippen molar-refractivity contribution in [2.45, 2.75) is 20.3 Å². The van der Waals surface area contributed by atoms with Crippen LogP contribution in [-0.4, -0.2) is 30.1 Å². The quantitative estimate of drug-likeness (QED) is 0.775. The van der Waals surface area contributed by atoms with Crippen LogP contribution in [0.25, 0.3) is 0 Å². The van der Waals surface area contributed by atoms with Gasteiger partial charge in [0.15, 0.2) is 0 Å². The lowest BCUT2D eigenvalue weighted by atomic mass is 10.4. The van der Waals surface area contributed by atoms with Crippen molar-refractivity contribution in [1.29, 1.82) is 0 Å². The van der Waals surface area contributed by atoms with Gasteiger partial charge in [0.05, 0.1) is 0 Å². The van der Waals surface area contributed by atoms with E-state index in [-0.39, 0.29) is 0 Å². The molecule has 0 spiro atoms. The molecule has 14 heavy (non-hydrogen) atoms. The minimum Gasteiger partial charge on any atom is -0.360 e. The summed E-state index contributed by atoms with van der Waals surface area (Å²) in [5.41, 5.74) is 0. The summed E-state index contributed by atoms with van der Waals surface area (Å²) in [5.74, 6) is 1.67. The summed E-state index contributed by atoms with van der Waals surface area (Å²) in [6, 6.07) is 1.93. The van der Waals surface area contributed by atoms with Crippen molar-refractivity contribution >= 4 is 11.8 Å². The van der Waals surface area contributed by atoms with Crippen molar-refractivity contribution < 1.29 is 0 Å². The molecule has 4 nitrogen and oxygen atoms in total. The van der Waals surface area contributed by atoms with E-state index in [9.17, 15) is 0 Å². The highest BCUT2D eigenvalue weighted by molar-refractivity contribution is 5.41. The van der Waals surface area contributed by atoms with Crippen LogP contribution in [0, 0.1) is 0 Å². The minimum absolute atomic E-state index is 0.702. The Kier molecular flexibility index (Phi) is 4.16. The van der Waals surface area contributed by atoms with Gasteiger partial charge in [-0.1, -0.05) is 6.92 Å². The Morgan fingerprint density at radius 3 is 2.86 bits per heavy atom. The Morgan fingerprint density at radius 1 is 1.43 bits per heavy atom. The molecular weight excluding hydrogens is 176 g/mol. The predicted molar refractivity (Wildman–Crippen MR) is 59.8 cm³/mol. The lowest BCUT2D eigenvalue weighted by Crippen LogP contribution is -2.19. The second-order valence-corrected chi connectivity index (χ2v) is 3.19. The molecule has 0 fully saturated rings. The van der Waals surface area contributed by atoms with Crippen LogP contribution in [0.5, 0.6) is 0 Å². The SMILES string of the molecule is CCCN(C)c1ccnc(NCC)n1. The second-order valence-electron chi connectivity index (χ2n) is 3.19.